The lowest BCUT2D eigenvalue weighted by molar-refractivity contribution is 0.0860. The van der Waals surface area contributed by atoms with Crippen molar-refractivity contribution in [2.75, 3.05) is 0 Å². The van der Waals surface area contributed by atoms with E-state index >= 15 is 0 Å². The fourth-order valence-corrected chi connectivity index (χ4v) is 2.88. The second-order valence-corrected chi connectivity index (χ2v) is 7.30. The van der Waals surface area contributed by atoms with Crippen LogP contribution >= 0.6 is 0 Å². The van der Waals surface area contributed by atoms with Gasteiger partial charge in [-0.05, 0) is 11.6 Å². The summed E-state index contributed by atoms with van der Waals surface area (Å²) in [6.45, 7) is 5.70. The van der Waals surface area contributed by atoms with Gasteiger partial charge in [0.05, 0.1) is 23.7 Å². The first kappa shape index (κ1) is 16.2. The second kappa shape index (κ2) is 5.91. The third kappa shape index (κ3) is 2.79. The van der Waals surface area contributed by atoms with E-state index in [0.717, 1.165) is 22.4 Å². The van der Waals surface area contributed by atoms with Crippen molar-refractivity contribution in [1.29, 1.82) is 0 Å². The summed E-state index contributed by atoms with van der Waals surface area (Å²) in [6, 6.07) is 8.04. The number of aromatic nitrogens is 5. The standard InChI is InChI=1S/C20H19N5O/c1-20(2,3)18(26)15-10-22-19-17(15)21-11-16(25-19)13-6-4-5-12(7-13)14-8-23-24-9-14/h4-11H,1-3H3,(H,22,25)(H,23,24). The highest BCUT2D eigenvalue weighted by atomic mass is 16.1. The Bertz CT molecular complexity index is 1090. The van der Waals surface area contributed by atoms with E-state index in [-0.39, 0.29) is 5.78 Å². The van der Waals surface area contributed by atoms with Gasteiger partial charge in [-0.1, -0.05) is 39.0 Å². The van der Waals surface area contributed by atoms with Gasteiger partial charge in [0, 0.05) is 28.9 Å². The number of nitrogens with zero attached hydrogens (tertiary/aromatic N) is 3. The number of rotatable bonds is 3. The van der Waals surface area contributed by atoms with Crippen molar-refractivity contribution in [3.05, 3.63) is 54.6 Å². The number of hydrogen-bond acceptors (Lipinski definition) is 4. The summed E-state index contributed by atoms with van der Waals surface area (Å²) in [7, 11) is 0. The van der Waals surface area contributed by atoms with Crippen LogP contribution in [0.1, 0.15) is 31.1 Å². The van der Waals surface area contributed by atoms with E-state index < -0.39 is 5.41 Å². The normalized spacial score (nSPS) is 11.8. The smallest absolute Gasteiger partial charge is 0.171 e. The van der Waals surface area contributed by atoms with Crippen molar-refractivity contribution < 1.29 is 4.79 Å². The summed E-state index contributed by atoms with van der Waals surface area (Å²) >= 11 is 0. The minimum absolute atomic E-state index is 0.0488. The fourth-order valence-electron chi connectivity index (χ4n) is 2.88. The lowest BCUT2D eigenvalue weighted by atomic mass is 9.87. The van der Waals surface area contributed by atoms with E-state index in [1.165, 1.54) is 0 Å². The lowest BCUT2D eigenvalue weighted by Gasteiger charge is -2.15. The first-order chi connectivity index (χ1) is 12.4. The molecule has 0 fully saturated rings. The molecule has 0 aliphatic carbocycles. The molecule has 130 valence electrons. The summed E-state index contributed by atoms with van der Waals surface area (Å²) in [5, 5.41) is 6.81. The van der Waals surface area contributed by atoms with Crippen LogP contribution in [-0.4, -0.2) is 30.9 Å². The molecule has 0 saturated heterocycles. The highest BCUT2D eigenvalue weighted by molar-refractivity contribution is 6.08. The number of fused-ring (bicyclic) bond motifs is 1. The predicted octanol–water partition coefficient (Wildman–Crippen LogP) is 4.24. The molecule has 1 aromatic carbocycles. The zero-order valence-electron chi connectivity index (χ0n) is 14.9. The molecule has 0 atom stereocenters. The number of aromatic amines is 2. The lowest BCUT2D eigenvalue weighted by Crippen LogP contribution is -2.20. The van der Waals surface area contributed by atoms with Crippen molar-refractivity contribution in [2.45, 2.75) is 20.8 Å². The van der Waals surface area contributed by atoms with Gasteiger partial charge >= 0.3 is 0 Å². The molecule has 4 rings (SSSR count). The number of nitrogens with one attached hydrogen (secondary N) is 2. The Kier molecular flexibility index (Phi) is 3.68. The molecule has 4 aromatic rings. The van der Waals surface area contributed by atoms with Crippen molar-refractivity contribution in [1.82, 2.24) is 25.1 Å². The van der Waals surface area contributed by atoms with Crippen LogP contribution in [0.5, 0.6) is 0 Å². The number of ketones is 1. The first-order valence-electron chi connectivity index (χ1n) is 8.42. The number of benzene rings is 1. The summed E-state index contributed by atoms with van der Waals surface area (Å²) < 4.78 is 0. The van der Waals surface area contributed by atoms with Crippen LogP contribution in [0.25, 0.3) is 33.5 Å². The van der Waals surface area contributed by atoms with Gasteiger partial charge in [-0.15, -0.1) is 0 Å². The van der Waals surface area contributed by atoms with E-state index in [1.54, 1.807) is 18.6 Å². The van der Waals surface area contributed by atoms with Crippen LogP contribution in [0.4, 0.5) is 0 Å². The molecule has 0 bridgehead atoms. The van der Waals surface area contributed by atoms with Crippen LogP contribution in [0.3, 0.4) is 0 Å². The van der Waals surface area contributed by atoms with Gasteiger partial charge in [-0.25, -0.2) is 9.97 Å². The van der Waals surface area contributed by atoms with Crippen molar-refractivity contribution in [3.8, 4) is 22.4 Å². The quantitative estimate of drug-likeness (QED) is 0.544. The minimum atomic E-state index is -0.464. The maximum Gasteiger partial charge on any atom is 0.171 e. The molecular formula is C20H19N5O. The zero-order valence-corrected chi connectivity index (χ0v) is 14.9. The summed E-state index contributed by atoms with van der Waals surface area (Å²) in [4.78, 5) is 24.8. The number of H-pyrrole nitrogens is 2. The van der Waals surface area contributed by atoms with Crippen molar-refractivity contribution in [2.24, 2.45) is 5.41 Å². The van der Waals surface area contributed by atoms with E-state index in [4.69, 9.17) is 0 Å². The molecular weight excluding hydrogens is 326 g/mol. The van der Waals surface area contributed by atoms with E-state index in [1.807, 2.05) is 51.2 Å². The molecule has 0 radical (unpaired) electrons. The van der Waals surface area contributed by atoms with Gasteiger partial charge in [-0.3, -0.25) is 9.89 Å². The van der Waals surface area contributed by atoms with Crippen LogP contribution in [-0.2, 0) is 0 Å². The Morgan fingerprint density at radius 3 is 2.58 bits per heavy atom. The topological polar surface area (TPSA) is 87.3 Å². The van der Waals surface area contributed by atoms with Gasteiger partial charge in [-0.2, -0.15) is 5.10 Å². The van der Waals surface area contributed by atoms with Gasteiger partial charge in [0.2, 0.25) is 0 Å². The van der Waals surface area contributed by atoms with Crippen LogP contribution in [0, 0.1) is 5.41 Å². The molecule has 26 heavy (non-hydrogen) atoms. The van der Waals surface area contributed by atoms with E-state index in [0.29, 0.717) is 16.7 Å². The second-order valence-electron chi connectivity index (χ2n) is 7.30. The molecule has 3 aromatic heterocycles. The highest BCUT2D eigenvalue weighted by Crippen LogP contribution is 2.28. The molecule has 0 aliphatic heterocycles. The van der Waals surface area contributed by atoms with Crippen LogP contribution in [0.15, 0.2) is 49.1 Å². The maximum absolute atomic E-state index is 12.6. The number of carbonyl (C=O) groups excluding carboxylic acids is 1. The van der Waals surface area contributed by atoms with Gasteiger partial charge in [0.15, 0.2) is 11.4 Å². The maximum atomic E-state index is 12.6. The summed E-state index contributed by atoms with van der Waals surface area (Å²) in [5.41, 5.74) is 5.11. The third-order valence-corrected chi connectivity index (χ3v) is 4.30. The number of Topliss-reactive ketones (excluding diaryl/α,β-unsaturated/α-hetero) is 1. The molecule has 0 saturated carbocycles. The summed E-state index contributed by atoms with van der Waals surface area (Å²) in [5.74, 6) is 0.0488. The van der Waals surface area contributed by atoms with E-state index in [2.05, 4.69) is 25.1 Å². The van der Waals surface area contributed by atoms with Crippen molar-refractivity contribution in [3.63, 3.8) is 0 Å². The van der Waals surface area contributed by atoms with E-state index in [9.17, 15) is 4.79 Å². The molecule has 2 N–H and O–H groups in total. The van der Waals surface area contributed by atoms with Crippen LogP contribution in [0.2, 0.25) is 0 Å². The molecule has 6 nitrogen and oxygen atoms in total. The Labute approximate surface area is 150 Å². The summed E-state index contributed by atoms with van der Waals surface area (Å²) in [6.07, 6.45) is 7.04. The fraction of sp³-hybridized carbons (Fsp3) is 0.200. The monoisotopic (exact) mass is 345 g/mol. The average molecular weight is 345 g/mol. The Morgan fingerprint density at radius 1 is 1.04 bits per heavy atom. The number of carbonyl (C=O) groups is 1. The number of hydrogen-bond donors (Lipinski definition) is 2. The molecule has 0 amide bonds. The zero-order chi connectivity index (χ0) is 18.3. The third-order valence-electron chi connectivity index (χ3n) is 4.30. The Morgan fingerprint density at radius 2 is 1.85 bits per heavy atom. The molecule has 0 spiro atoms. The predicted molar refractivity (Wildman–Crippen MR) is 101 cm³/mol. The SMILES string of the molecule is CC(C)(C)C(=O)c1c[nH]c2nc(-c3cccc(-c4cn[nH]c4)c3)cnc12. The minimum Gasteiger partial charge on any atom is -0.344 e. The Hall–Kier alpha value is -3.28. The average Bonchev–Trinajstić information content (AvgIpc) is 3.29. The Balaban J connectivity index is 1.75. The first-order valence-corrected chi connectivity index (χ1v) is 8.42. The molecule has 3 heterocycles. The van der Waals surface area contributed by atoms with Gasteiger partial charge in [0.1, 0.15) is 5.52 Å². The molecule has 0 unspecified atom stereocenters. The molecule has 0 aliphatic rings. The van der Waals surface area contributed by atoms with Crippen LogP contribution < -0.4 is 0 Å². The highest BCUT2D eigenvalue weighted by Gasteiger charge is 2.26. The van der Waals surface area contributed by atoms with Gasteiger partial charge in [0.25, 0.3) is 0 Å². The van der Waals surface area contributed by atoms with Gasteiger partial charge < -0.3 is 4.98 Å². The largest absolute Gasteiger partial charge is 0.344 e. The molecule has 6 heteroatoms. The van der Waals surface area contributed by atoms with Crippen molar-refractivity contribution >= 4 is 16.9 Å².